The Kier molecular flexibility index (Phi) is 1.22. The van der Waals surface area contributed by atoms with Gasteiger partial charge in [0.05, 0.1) is 17.2 Å². The van der Waals surface area contributed by atoms with E-state index in [0.717, 1.165) is 4.09 Å². The second-order valence-corrected chi connectivity index (χ2v) is 2.44. The van der Waals surface area contributed by atoms with Crippen LogP contribution in [0.5, 0.6) is 0 Å². The van der Waals surface area contributed by atoms with E-state index in [-0.39, 0.29) is 5.69 Å². The lowest BCUT2D eigenvalue weighted by atomic mass is 10.4. The van der Waals surface area contributed by atoms with E-state index in [0.29, 0.717) is 11.0 Å². The zero-order chi connectivity index (χ0) is 7.84. The molecule has 0 radical (unpaired) electrons. The first-order valence-electron chi connectivity index (χ1n) is 3.00. The SMILES string of the molecule is O=c1[nH]c2cnccc2n1Cl. The monoisotopic (exact) mass is 169 g/mol. The van der Waals surface area contributed by atoms with Gasteiger partial charge in [-0.15, -0.1) is 0 Å². The lowest BCUT2D eigenvalue weighted by Gasteiger charge is -1.86. The number of rotatable bonds is 0. The maximum absolute atomic E-state index is 10.9. The van der Waals surface area contributed by atoms with Crippen LogP contribution < -0.4 is 5.69 Å². The van der Waals surface area contributed by atoms with E-state index in [4.69, 9.17) is 11.8 Å². The molecule has 0 atom stereocenters. The average Bonchev–Trinajstić information content (AvgIpc) is 2.30. The topological polar surface area (TPSA) is 50.7 Å². The molecule has 0 aliphatic heterocycles. The molecule has 0 saturated heterocycles. The molecule has 0 fully saturated rings. The van der Waals surface area contributed by atoms with Crippen LogP contribution in [0.1, 0.15) is 0 Å². The number of nitrogens with zero attached hydrogens (tertiary/aromatic N) is 2. The summed E-state index contributed by atoms with van der Waals surface area (Å²) < 4.78 is 1.02. The van der Waals surface area contributed by atoms with E-state index >= 15 is 0 Å². The van der Waals surface area contributed by atoms with Gasteiger partial charge < -0.3 is 4.98 Å². The predicted octanol–water partition coefficient (Wildman–Crippen LogP) is 0.726. The molecule has 2 aromatic rings. The standard InChI is InChI=1S/C6H4ClN3O/c7-10-5-1-2-8-3-4(5)9-6(10)11/h1-3H,(H,9,11). The van der Waals surface area contributed by atoms with Crippen molar-refractivity contribution in [3.05, 3.63) is 28.9 Å². The molecule has 0 unspecified atom stereocenters. The van der Waals surface area contributed by atoms with Crippen molar-refractivity contribution in [3.63, 3.8) is 0 Å². The smallest absolute Gasteiger partial charge is 0.303 e. The van der Waals surface area contributed by atoms with Gasteiger partial charge in [-0.3, -0.25) is 4.98 Å². The quantitative estimate of drug-likeness (QED) is 0.632. The van der Waals surface area contributed by atoms with Crippen molar-refractivity contribution in [3.8, 4) is 0 Å². The molecule has 0 bridgehead atoms. The highest BCUT2D eigenvalue weighted by molar-refractivity contribution is 6.18. The third-order valence-corrected chi connectivity index (χ3v) is 1.77. The predicted molar refractivity (Wildman–Crippen MR) is 41.6 cm³/mol. The number of pyridine rings is 1. The van der Waals surface area contributed by atoms with Crippen LogP contribution in [0.15, 0.2) is 23.3 Å². The van der Waals surface area contributed by atoms with Gasteiger partial charge in [0.2, 0.25) is 0 Å². The van der Waals surface area contributed by atoms with Crippen molar-refractivity contribution in [2.45, 2.75) is 0 Å². The van der Waals surface area contributed by atoms with Gasteiger partial charge in [-0.25, -0.2) is 8.88 Å². The van der Waals surface area contributed by atoms with Crippen LogP contribution in [0.2, 0.25) is 0 Å². The summed E-state index contributed by atoms with van der Waals surface area (Å²) in [6, 6.07) is 1.67. The maximum Gasteiger partial charge on any atom is 0.341 e. The summed E-state index contributed by atoms with van der Waals surface area (Å²) in [6.07, 6.45) is 3.13. The van der Waals surface area contributed by atoms with Gasteiger partial charge in [-0.1, -0.05) is 0 Å². The van der Waals surface area contributed by atoms with Crippen molar-refractivity contribution < 1.29 is 0 Å². The van der Waals surface area contributed by atoms with Crippen molar-refractivity contribution >= 4 is 22.8 Å². The Labute approximate surface area is 66.5 Å². The molecule has 0 saturated carbocycles. The first kappa shape index (κ1) is 6.42. The van der Waals surface area contributed by atoms with Gasteiger partial charge in [0, 0.05) is 18.0 Å². The van der Waals surface area contributed by atoms with Crippen molar-refractivity contribution in [1.29, 1.82) is 0 Å². The largest absolute Gasteiger partial charge is 0.341 e. The number of halogens is 1. The minimum absolute atomic E-state index is 0.338. The van der Waals surface area contributed by atoms with Crippen molar-refractivity contribution in [1.82, 2.24) is 14.1 Å². The highest BCUT2D eigenvalue weighted by atomic mass is 35.5. The Hall–Kier alpha value is -1.29. The van der Waals surface area contributed by atoms with Crippen LogP contribution in [0.4, 0.5) is 0 Å². The van der Waals surface area contributed by atoms with Crippen LogP contribution in [0.3, 0.4) is 0 Å². The van der Waals surface area contributed by atoms with Gasteiger partial charge in [0.25, 0.3) is 0 Å². The molecular weight excluding hydrogens is 166 g/mol. The molecular formula is C6H4ClN3O. The number of hydrogen-bond acceptors (Lipinski definition) is 2. The number of fused-ring (bicyclic) bond motifs is 1. The van der Waals surface area contributed by atoms with Crippen LogP contribution in [-0.2, 0) is 0 Å². The molecule has 2 rings (SSSR count). The normalized spacial score (nSPS) is 10.6. The molecule has 0 aliphatic carbocycles. The van der Waals surface area contributed by atoms with Gasteiger partial charge in [-0.2, -0.15) is 0 Å². The van der Waals surface area contributed by atoms with Crippen LogP contribution in [0, 0.1) is 0 Å². The van der Waals surface area contributed by atoms with Crippen LogP contribution >= 0.6 is 11.8 Å². The minimum Gasteiger partial charge on any atom is -0.303 e. The van der Waals surface area contributed by atoms with E-state index < -0.39 is 0 Å². The fourth-order valence-corrected chi connectivity index (χ4v) is 1.12. The fraction of sp³-hybridized carbons (Fsp3) is 0. The Morgan fingerprint density at radius 2 is 2.45 bits per heavy atom. The summed E-state index contributed by atoms with van der Waals surface area (Å²) in [6.45, 7) is 0. The van der Waals surface area contributed by atoms with Crippen LogP contribution in [-0.4, -0.2) is 14.1 Å². The van der Waals surface area contributed by atoms with Gasteiger partial charge in [-0.05, 0) is 6.07 Å². The molecule has 56 valence electrons. The first-order valence-corrected chi connectivity index (χ1v) is 3.34. The Morgan fingerprint density at radius 1 is 1.64 bits per heavy atom. The van der Waals surface area contributed by atoms with E-state index in [2.05, 4.69) is 9.97 Å². The number of aromatic amines is 1. The third-order valence-electron chi connectivity index (χ3n) is 1.43. The summed E-state index contributed by atoms with van der Waals surface area (Å²) in [7, 11) is 0. The second-order valence-electron chi connectivity index (χ2n) is 2.10. The molecule has 0 spiro atoms. The van der Waals surface area contributed by atoms with Crippen molar-refractivity contribution in [2.75, 3.05) is 0 Å². The van der Waals surface area contributed by atoms with E-state index in [9.17, 15) is 4.79 Å². The summed E-state index contributed by atoms with van der Waals surface area (Å²) in [5, 5.41) is 0. The molecule has 4 nitrogen and oxygen atoms in total. The number of nitrogens with one attached hydrogen (secondary N) is 1. The number of hydrogen-bond donors (Lipinski definition) is 1. The summed E-state index contributed by atoms with van der Waals surface area (Å²) >= 11 is 5.59. The minimum atomic E-state index is -0.338. The number of H-pyrrole nitrogens is 1. The summed E-state index contributed by atoms with van der Waals surface area (Å²) in [5.41, 5.74) is 0.953. The summed E-state index contributed by atoms with van der Waals surface area (Å²) in [5.74, 6) is 0. The molecule has 0 aliphatic rings. The van der Waals surface area contributed by atoms with E-state index in [1.54, 1.807) is 18.5 Å². The highest BCUT2D eigenvalue weighted by Gasteiger charge is 2.01. The Balaban J connectivity index is 3.04. The zero-order valence-electron chi connectivity index (χ0n) is 5.41. The zero-order valence-corrected chi connectivity index (χ0v) is 6.17. The maximum atomic E-state index is 10.9. The Morgan fingerprint density at radius 3 is 3.18 bits per heavy atom. The van der Waals surface area contributed by atoms with E-state index in [1.165, 1.54) is 0 Å². The molecule has 0 amide bonds. The third kappa shape index (κ3) is 0.832. The number of imidazole rings is 1. The van der Waals surface area contributed by atoms with E-state index in [1.807, 2.05) is 0 Å². The van der Waals surface area contributed by atoms with Crippen LogP contribution in [0.25, 0.3) is 11.0 Å². The second kappa shape index (κ2) is 2.10. The molecule has 2 heterocycles. The van der Waals surface area contributed by atoms with Gasteiger partial charge in [0.1, 0.15) is 0 Å². The molecule has 5 heteroatoms. The van der Waals surface area contributed by atoms with Gasteiger partial charge in [0.15, 0.2) is 0 Å². The molecule has 11 heavy (non-hydrogen) atoms. The first-order chi connectivity index (χ1) is 5.29. The molecule has 0 aromatic carbocycles. The fourth-order valence-electron chi connectivity index (χ4n) is 0.928. The molecule has 1 N–H and O–H groups in total. The van der Waals surface area contributed by atoms with Gasteiger partial charge >= 0.3 is 5.69 Å². The lowest BCUT2D eigenvalue weighted by Crippen LogP contribution is -2.07. The lowest BCUT2D eigenvalue weighted by molar-refractivity contribution is 1.14. The summed E-state index contributed by atoms with van der Waals surface area (Å²) in [4.78, 5) is 17.3. The average molecular weight is 170 g/mol. The number of aromatic nitrogens is 3. The molecule has 2 aromatic heterocycles. The highest BCUT2D eigenvalue weighted by Crippen LogP contribution is 2.06. The van der Waals surface area contributed by atoms with Crippen molar-refractivity contribution in [2.24, 2.45) is 0 Å². The Bertz CT molecular complexity index is 444.